The SMILES string of the molecule is CC(C)c1ccc(CC(=O)Cc2ccc(F)cc2)cc1. The zero-order valence-corrected chi connectivity index (χ0v) is 11.9. The lowest BCUT2D eigenvalue weighted by Gasteiger charge is -2.07. The van der Waals surface area contributed by atoms with E-state index in [0.29, 0.717) is 18.8 Å². The Morgan fingerprint density at radius 3 is 1.80 bits per heavy atom. The summed E-state index contributed by atoms with van der Waals surface area (Å²) in [6.45, 7) is 4.30. The smallest absolute Gasteiger partial charge is 0.141 e. The van der Waals surface area contributed by atoms with Crippen LogP contribution in [0.4, 0.5) is 4.39 Å². The predicted molar refractivity (Wildman–Crippen MR) is 79.3 cm³/mol. The minimum Gasteiger partial charge on any atom is -0.299 e. The average molecular weight is 270 g/mol. The quantitative estimate of drug-likeness (QED) is 0.791. The summed E-state index contributed by atoms with van der Waals surface area (Å²) in [5, 5.41) is 0. The zero-order chi connectivity index (χ0) is 14.5. The Bertz CT molecular complexity index is 567. The van der Waals surface area contributed by atoms with Crippen LogP contribution in [0.5, 0.6) is 0 Å². The molecule has 2 aromatic carbocycles. The Morgan fingerprint density at radius 2 is 1.35 bits per heavy atom. The van der Waals surface area contributed by atoms with E-state index in [-0.39, 0.29) is 11.6 Å². The van der Waals surface area contributed by atoms with E-state index in [9.17, 15) is 9.18 Å². The average Bonchev–Trinajstić information content (AvgIpc) is 2.42. The Labute approximate surface area is 119 Å². The molecule has 2 aromatic rings. The van der Waals surface area contributed by atoms with Crippen molar-refractivity contribution in [3.05, 3.63) is 71.0 Å². The second-order valence-corrected chi connectivity index (χ2v) is 5.41. The summed E-state index contributed by atoms with van der Waals surface area (Å²) in [5.41, 5.74) is 3.16. The molecule has 104 valence electrons. The van der Waals surface area contributed by atoms with Crippen LogP contribution in [0, 0.1) is 5.82 Å². The van der Waals surface area contributed by atoms with Crippen molar-refractivity contribution in [1.82, 2.24) is 0 Å². The Balaban J connectivity index is 1.95. The van der Waals surface area contributed by atoms with Crippen LogP contribution >= 0.6 is 0 Å². The van der Waals surface area contributed by atoms with Gasteiger partial charge in [-0.1, -0.05) is 50.2 Å². The van der Waals surface area contributed by atoms with E-state index in [1.165, 1.54) is 17.7 Å². The molecule has 0 heterocycles. The highest BCUT2D eigenvalue weighted by Crippen LogP contribution is 2.15. The normalized spacial score (nSPS) is 10.8. The molecule has 0 radical (unpaired) electrons. The Kier molecular flexibility index (Phi) is 4.67. The molecule has 2 heteroatoms. The van der Waals surface area contributed by atoms with E-state index in [2.05, 4.69) is 26.0 Å². The first-order valence-corrected chi connectivity index (χ1v) is 6.89. The van der Waals surface area contributed by atoms with E-state index >= 15 is 0 Å². The highest BCUT2D eigenvalue weighted by Gasteiger charge is 2.06. The minimum atomic E-state index is -0.273. The molecular weight excluding hydrogens is 251 g/mol. The van der Waals surface area contributed by atoms with Gasteiger partial charge in [0.05, 0.1) is 0 Å². The molecular formula is C18H19FO. The summed E-state index contributed by atoms with van der Waals surface area (Å²) in [7, 11) is 0. The number of ketones is 1. The van der Waals surface area contributed by atoms with E-state index < -0.39 is 0 Å². The molecule has 0 aliphatic carbocycles. The number of carbonyl (C=O) groups is 1. The van der Waals surface area contributed by atoms with E-state index in [0.717, 1.165) is 11.1 Å². The van der Waals surface area contributed by atoms with Crippen LogP contribution in [0.15, 0.2) is 48.5 Å². The van der Waals surface area contributed by atoms with E-state index in [1.807, 2.05) is 12.1 Å². The maximum absolute atomic E-state index is 12.8. The van der Waals surface area contributed by atoms with Gasteiger partial charge in [-0.3, -0.25) is 4.79 Å². The topological polar surface area (TPSA) is 17.1 Å². The lowest BCUT2D eigenvalue weighted by atomic mass is 9.98. The first-order valence-electron chi connectivity index (χ1n) is 6.89. The van der Waals surface area contributed by atoms with Gasteiger partial charge in [-0.15, -0.1) is 0 Å². The first kappa shape index (κ1) is 14.4. The van der Waals surface area contributed by atoms with Crippen LogP contribution in [-0.4, -0.2) is 5.78 Å². The van der Waals surface area contributed by atoms with Gasteiger partial charge < -0.3 is 0 Å². The summed E-state index contributed by atoms with van der Waals surface area (Å²) in [6.07, 6.45) is 0.780. The van der Waals surface area contributed by atoms with Gasteiger partial charge >= 0.3 is 0 Å². The zero-order valence-electron chi connectivity index (χ0n) is 11.9. The fourth-order valence-electron chi connectivity index (χ4n) is 2.14. The number of Topliss-reactive ketones (excluding diaryl/α,β-unsaturated/α-hetero) is 1. The van der Waals surface area contributed by atoms with E-state index in [4.69, 9.17) is 0 Å². The second-order valence-electron chi connectivity index (χ2n) is 5.41. The molecule has 0 bridgehead atoms. The van der Waals surface area contributed by atoms with Crippen molar-refractivity contribution in [2.75, 3.05) is 0 Å². The van der Waals surface area contributed by atoms with E-state index in [1.54, 1.807) is 12.1 Å². The van der Waals surface area contributed by atoms with Gasteiger partial charge in [0.2, 0.25) is 0 Å². The molecule has 0 aliphatic heterocycles. The molecule has 0 unspecified atom stereocenters. The van der Waals surface area contributed by atoms with Gasteiger partial charge in [0, 0.05) is 12.8 Å². The molecule has 1 nitrogen and oxygen atoms in total. The summed E-state index contributed by atoms with van der Waals surface area (Å²) in [6, 6.07) is 14.3. The maximum atomic E-state index is 12.8. The van der Waals surface area contributed by atoms with Crippen molar-refractivity contribution in [2.24, 2.45) is 0 Å². The van der Waals surface area contributed by atoms with Crippen LogP contribution in [0.3, 0.4) is 0 Å². The number of hydrogen-bond donors (Lipinski definition) is 0. The number of benzene rings is 2. The molecule has 0 amide bonds. The van der Waals surface area contributed by atoms with Gasteiger partial charge in [-0.05, 0) is 34.7 Å². The fourth-order valence-corrected chi connectivity index (χ4v) is 2.14. The third-order valence-corrected chi connectivity index (χ3v) is 3.36. The van der Waals surface area contributed by atoms with Crippen molar-refractivity contribution < 1.29 is 9.18 Å². The van der Waals surface area contributed by atoms with Gasteiger partial charge in [-0.2, -0.15) is 0 Å². The van der Waals surface area contributed by atoms with Crippen LogP contribution < -0.4 is 0 Å². The number of halogens is 1. The number of carbonyl (C=O) groups excluding carboxylic acids is 1. The molecule has 0 saturated heterocycles. The fraction of sp³-hybridized carbons (Fsp3) is 0.278. The molecule has 0 spiro atoms. The minimum absolute atomic E-state index is 0.147. The monoisotopic (exact) mass is 270 g/mol. The van der Waals surface area contributed by atoms with Crippen molar-refractivity contribution in [3.63, 3.8) is 0 Å². The molecule has 0 saturated carbocycles. The van der Waals surface area contributed by atoms with Gasteiger partial charge in [0.25, 0.3) is 0 Å². The van der Waals surface area contributed by atoms with Crippen LogP contribution in [0.25, 0.3) is 0 Å². The lowest BCUT2D eigenvalue weighted by Crippen LogP contribution is -2.06. The lowest BCUT2D eigenvalue weighted by molar-refractivity contribution is -0.117. The predicted octanol–water partition coefficient (Wildman–Crippen LogP) is 4.30. The molecule has 0 atom stereocenters. The molecule has 0 N–H and O–H groups in total. The highest BCUT2D eigenvalue weighted by molar-refractivity contribution is 5.83. The highest BCUT2D eigenvalue weighted by atomic mass is 19.1. The summed E-state index contributed by atoms with van der Waals surface area (Å²) < 4.78 is 12.8. The first-order chi connectivity index (χ1) is 9.54. The number of hydrogen-bond acceptors (Lipinski definition) is 1. The molecule has 0 aromatic heterocycles. The maximum Gasteiger partial charge on any atom is 0.141 e. The summed E-state index contributed by atoms with van der Waals surface area (Å²) >= 11 is 0. The van der Waals surface area contributed by atoms with Crippen molar-refractivity contribution in [1.29, 1.82) is 0 Å². The Hall–Kier alpha value is -1.96. The second kappa shape index (κ2) is 6.47. The van der Waals surface area contributed by atoms with Crippen LogP contribution in [-0.2, 0) is 17.6 Å². The molecule has 0 aliphatic rings. The van der Waals surface area contributed by atoms with Crippen molar-refractivity contribution >= 4 is 5.78 Å². The van der Waals surface area contributed by atoms with Gasteiger partial charge in [0.15, 0.2) is 0 Å². The Morgan fingerprint density at radius 1 is 0.900 bits per heavy atom. The molecule has 2 rings (SSSR count). The largest absolute Gasteiger partial charge is 0.299 e. The summed E-state index contributed by atoms with van der Waals surface area (Å²) in [4.78, 5) is 12.0. The van der Waals surface area contributed by atoms with Crippen LogP contribution in [0.2, 0.25) is 0 Å². The van der Waals surface area contributed by atoms with Crippen molar-refractivity contribution in [3.8, 4) is 0 Å². The summed E-state index contributed by atoms with van der Waals surface area (Å²) in [5.74, 6) is 0.373. The molecule has 0 fully saturated rings. The standard InChI is InChI=1S/C18H19FO/c1-13(2)16-7-3-14(4-8-16)11-18(20)12-15-5-9-17(19)10-6-15/h3-10,13H,11-12H2,1-2H3. The number of rotatable bonds is 5. The van der Waals surface area contributed by atoms with Gasteiger partial charge in [-0.25, -0.2) is 4.39 Å². The van der Waals surface area contributed by atoms with Crippen molar-refractivity contribution in [2.45, 2.75) is 32.6 Å². The third-order valence-electron chi connectivity index (χ3n) is 3.36. The van der Waals surface area contributed by atoms with Gasteiger partial charge in [0.1, 0.15) is 11.6 Å². The third kappa shape index (κ3) is 4.02. The van der Waals surface area contributed by atoms with Crippen LogP contribution in [0.1, 0.15) is 36.5 Å². The molecule has 20 heavy (non-hydrogen) atoms.